The summed E-state index contributed by atoms with van der Waals surface area (Å²) >= 11 is 0. The van der Waals surface area contributed by atoms with Gasteiger partial charge < -0.3 is 29.5 Å². The number of carbonyl (C=O) groups excluding carboxylic acids is 2. The predicted molar refractivity (Wildman–Crippen MR) is 146 cm³/mol. The van der Waals surface area contributed by atoms with Crippen LogP contribution in [0.5, 0.6) is 0 Å². The molecule has 3 fully saturated rings. The third kappa shape index (κ3) is 5.12. The Morgan fingerprint density at radius 3 is 2.51 bits per heavy atom. The molecule has 41 heavy (non-hydrogen) atoms. The third-order valence-corrected chi connectivity index (χ3v) is 7.51. The van der Waals surface area contributed by atoms with Crippen LogP contribution in [-0.4, -0.2) is 83.0 Å². The first-order valence-electron chi connectivity index (χ1n) is 13.4. The van der Waals surface area contributed by atoms with Crippen LogP contribution in [0.25, 0.3) is 11.0 Å². The Kier molecular flexibility index (Phi) is 6.67. The summed E-state index contributed by atoms with van der Waals surface area (Å²) in [4.78, 5) is 62.1. The average molecular weight is 566 g/mol. The van der Waals surface area contributed by atoms with Gasteiger partial charge in [-0.3, -0.25) is 14.5 Å². The van der Waals surface area contributed by atoms with Crippen LogP contribution in [-0.2, 0) is 9.53 Å². The molecule has 2 amide bonds. The molecule has 3 aliphatic rings. The number of pyridine rings is 3. The van der Waals surface area contributed by atoms with Crippen LogP contribution in [0.15, 0.2) is 35.4 Å². The Hall–Kier alpha value is -4.75. The first-order valence-corrected chi connectivity index (χ1v) is 13.4. The highest BCUT2D eigenvalue weighted by atomic mass is 19.1. The van der Waals surface area contributed by atoms with Crippen molar-refractivity contribution < 1.29 is 28.6 Å². The largest absolute Gasteiger partial charge is 0.477 e. The number of anilines is 3. The van der Waals surface area contributed by atoms with Gasteiger partial charge in [-0.15, -0.1) is 0 Å². The Bertz CT molecular complexity index is 1600. The predicted octanol–water partition coefficient (Wildman–Crippen LogP) is 1.75. The average Bonchev–Trinajstić information content (AvgIpc) is 3.73. The van der Waals surface area contributed by atoms with E-state index in [2.05, 4.69) is 15.3 Å². The summed E-state index contributed by atoms with van der Waals surface area (Å²) in [6.07, 6.45) is 3.65. The quantitative estimate of drug-likeness (QED) is 0.434. The smallest absolute Gasteiger partial charge is 0.414 e. The number of aromatic nitrogens is 3. The Balaban J connectivity index is 1.15. The Morgan fingerprint density at radius 2 is 1.88 bits per heavy atom. The van der Waals surface area contributed by atoms with E-state index in [1.54, 1.807) is 16.8 Å². The molecule has 13 nitrogen and oxygen atoms in total. The van der Waals surface area contributed by atoms with Gasteiger partial charge in [-0.05, 0) is 31.0 Å². The van der Waals surface area contributed by atoms with Gasteiger partial charge in [0.2, 0.25) is 11.3 Å². The molecule has 3 aromatic rings. The fourth-order valence-electron chi connectivity index (χ4n) is 5.21. The maximum absolute atomic E-state index is 15.2. The monoisotopic (exact) mass is 565 g/mol. The van der Waals surface area contributed by atoms with E-state index in [-0.39, 0.29) is 29.7 Å². The summed E-state index contributed by atoms with van der Waals surface area (Å²) < 4.78 is 22.2. The lowest BCUT2D eigenvalue weighted by Gasteiger charge is -2.36. The van der Waals surface area contributed by atoms with Crippen molar-refractivity contribution in [1.29, 1.82) is 0 Å². The van der Waals surface area contributed by atoms with E-state index in [1.165, 1.54) is 18.0 Å². The number of amides is 2. The van der Waals surface area contributed by atoms with Crippen LogP contribution in [0.4, 0.5) is 26.5 Å². The van der Waals surface area contributed by atoms with Gasteiger partial charge in [-0.1, -0.05) is 0 Å². The van der Waals surface area contributed by atoms with E-state index >= 15 is 4.39 Å². The zero-order chi connectivity index (χ0) is 28.8. The molecule has 3 aromatic heterocycles. The minimum atomic E-state index is -1.35. The van der Waals surface area contributed by atoms with E-state index in [0.29, 0.717) is 49.9 Å². The van der Waals surface area contributed by atoms with E-state index in [9.17, 15) is 24.3 Å². The maximum Gasteiger partial charge on any atom is 0.414 e. The van der Waals surface area contributed by atoms with E-state index in [0.717, 1.165) is 18.9 Å². The highest BCUT2D eigenvalue weighted by Gasteiger charge is 2.33. The van der Waals surface area contributed by atoms with Crippen molar-refractivity contribution in [2.24, 2.45) is 0 Å². The lowest BCUT2D eigenvalue weighted by molar-refractivity contribution is -0.119. The molecule has 0 bridgehead atoms. The van der Waals surface area contributed by atoms with Gasteiger partial charge in [0.05, 0.1) is 30.4 Å². The van der Waals surface area contributed by atoms with Gasteiger partial charge in [-0.25, -0.2) is 23.9 Å². The van der Waals surface area contributed by atoms with Crippen molar-refractivity contribution >= 4 is 46.3 Å². The second-order valence-corrected chi connectivity index (χ2v) is 10.4. The number of nitrogens with one attached hydrogen (secondary N) is 1. The van der Waals surface area contributed by atoms with Crippen molar-refractivity contribution in [3.8, 4) is 0 Å². The summed E-state index contributed by atoms with van der Waals surface area (Å²) in [6.45, 7) is 3.90. The number of nitrogens with zero attached hydrogens (tertiary/aromatic N) is 6. The molecule has 2 aliphatic heterocycles. The van der Waals surface area contributed by atoms with Crippen molar-refractivity contribution in [1.82, 2.24) is 19.9 Å². The Morgan fingerprint density at radius 1 is 1.15 bits per heavy atom. The summed E-state index contributed by atoms with van der Waals surface area (Å²) in [5.74, 6) is -1.40. The van der Waals surface area contributed by atoms with Crippen molar-refractivity contribution in [3.63, 3.8) is 0 Å². The van der Waals surface area contributed by atoms with Crippen molar-refractivity contribution in [3.05, 3.63) is 52.2 Å². The molecular formula is C27H28FN7O6. The molecule has 5 heterocycles. The van der Waals surface area contributed by atoms with Crippen LogP contribution >= 0.6 is 0 Å². The van der Waals surface area contributed by atoms with E-state index < -0.39 is 35.0 Å². The van der Waals surface area contributed by atoms with Gasteiger partial charge in [0.25, 0.3) is 0 Å². The molecule has 2 saturated heterocycles. The van der Waals surface area contributed by atoms with Crippen LogP contribution < -0.4 is 25.4 Å². The molecule has 1 atom stereocenters. The van der Waals surface area contributed by atoms with Gasteiger partial charge >= 0.3 is 12.1 Å². The highest BCUT2D eigenvalue weighted by Crippen LogP contribution is 2.37. The SMILES string of the molecule is CC(=O)NC[C@H]1CN(c2ccc(N3CCN(c4nc5c(cc4F)c(=O)c(C(=O)O)cn5C4CC4)CC3)nc2)C(=O)O1. The zero-order valence-corrected chi connectivity index (χ0v) is 22.2. The Labute approximate surface area is 233 Å². The standard InChI is InChI=1S/C27H28FN7O6/c1-15(36)29-12-18-13-35(27(40)41-18)17-4-5-22(30-11-17)32-6-8-33(9-7-32)25-21(28)10-19-23(37)20(26(38)39)14-34(16-2-3-16)24(19)31-25/h4-5,10-11,14,16,18H,2-3,6-9,12-13H2,1H3,(H,29,36)(H,38,39)/t18-/m0/s1. The fraction of sp³-hybridized carbons (Fsp3) is 0.407. The number of fused-ring (bicyclic) bond motifs is 1. The zero-order valence-electron chi connectivity index (χ0n) is 22.2. The number of carboxylic acids is 1. The van der Waals surface area contributed by atoms with Crippen LogP contribution in [0.1, 0.15) is 36.2 Å². The topological polar surface area (TPSA) is 150 Å². The number of ether oxygens (including phenoxy) is 1. The van der Waals surface area contributed by atoms with Crippen LogP contribution in [0, 0.1) is 5.82 Å². The first-order chi connectivity index (χ1) is 19.7. The summed E-state index contributed by atoms with van der Waals surface area (Å²) in [5, 5.41) is 12.1. The molecule has 1 aliphatic carbocycles. The minimum Gasteiger partial charge on any atom is -0.477 e. The van der Waals surface area contributed by atoms with Crippen LogP contribution in [0.2, 0.25) is 0 Å². The molecule has 1 saturated carbocycles. The number of aromatic carboxylic acids is 1. The van der Waals surface area contributed by atoms with E-state index in [4.69, 9.17) is 4.74 Å². The number of rotatable bonds is 7. The summed E-state index contributed by atoms with van der Waals surface area (Å²) in [7, 11) is 0. The molecule has 214 valence electrons. The van der Waals surface area contributed by atoms with E-state index in [1.807, 2.05) is 15.9 Å². The number of halogens is 1. The van der Waals surface area contributed by atoms with Crippen molar-refractivity contribution in [2.75, 3.05) is 54.0 Å². The normalized spacial score (nSPS) is 19.0. The van der Waals surface area contributed by atoms with Gasteiger partial charge in [0, 0.05) is 45.3 Å². The molecule has 0 unspecified atom stereocenters. The maximum atomic E-state index is 15.2. The minimum absolute atomic E-state index is 0.0377. The first kappa shape index (κ1) is 26.5. The molecule has 2 N–H and O–H groups in total. The number of cyclic esters (lactones) is 1. The number of piperazine rings is 1. The molecule has 0 spiro atoms. The molecule has 6 rings (SSSR count). The third-order valence-electron chi connectivity index (χ3n) is 7.51. The van der Waals surface area contributed by atoms with Crippen molar-refractivity contribution in [2.45, 2.75) is 31.9 Å². The lowest BCUT2D eigenvalue weighted by Crippen LogP contribution is -2.47. The van der Waals surface area contributed by atoms with Gasteiger partial charge in [-0.2, -0.15) is 0 Å². The molecule has 0 aromatic carbocycles. The molecule has 14 heteroatoms. The number of hydrogen-bond donors (Lipinski definition) is 2. The molecule has 0 radical (unpaired) electrons. The number of hydrogen-bond acceptors (Lipinski definition) is 9. The second-order valence-electron chi connectivity index (χ2n) is 10.4. The fourth-order valence-corrected chi connectivity index (χ4v) is 5.21. The molecular weight excluding hydrogens is 537 g/mol. The number of carbonyl (C=O) groups is 3. The summed E-state index contributed by atoms with van der Waals surface area (Å²) in [5.41, 5.74) is -0.264. The van der Waals surface area contributed by atoms with Crippen LogP contribution in [0.3, 0.4) is 0 Å². The van der Waals surface area contributed by atoms with Gasteiger partial charge in [0.1, 0.15) is 23.1 Å². The number of carboxylic acid groups (broad SMARTS) is 1. The highest BCUT2D eigenvalue weighted by molar-refractivity contribution is 5.92. The summed E-state index contributed by atoms with van der Waals surface area (Å²) in [6, 6.07) is 4.73. The van der Waals surface area contributed by atoms with Gasteiger partial charge in [0.15, 0.2) is 11.6 Å². The second kappa shape index (κ2) is 10.3. The lowest BCUT2D eigenvalue weighted by atomic mass is 10.1.